The highest BCUT2D eigenvalue weighted by Crippen LogP contribution is 2.28. The molecule has 0 spiro atoms. The monoisotopic (exact) mass is 315 g/mol. The molecule has 0 saturated heterocycles. The van der Waals surface area contributed by atoms with Crippen LogP contribution >= 0.6 is 11.3 Å². The van der Waals surface area contributed by atoms with Gasteiger partial charge in [-0.1, -0.05) is 31.2 Å². The summed E-state index contributed by atoms with van der Waals surface area (Å²) < 4.78 is 0. The van der Waals surface area contributed by atoms with E-state index in [1.165, 1.54) is 16.2 Å². The third-order valence-electron chi connectivity index (χ3n) is 4.12. The first-order valence-electron chi connectivity index (χ1n) is 7.28. The number of carboxylic acid groups (broad SMARTS) is 1. The Labute approximate surface area is 133 Å². The molecule has 1 aromatic carbocycles. The molecule has 1 atom stereocenters. The first kappa shape index (κ1) is 14.8. The Hall–Kier alpha value is -2.14. The molecule has 0 fully saturated rings. The van der Waals surface area contributed by atoms with E-state index in [-0.39, 0.29) is 5.91 Å². The molecule has 0 aliphatic carbocycles. The average Bonchev–Trinajstić information content (AvgIpc) is 3.01. The zero-order valence-electron chi connectivity index (χ0n) is 12.3. The SMILES string of the molecule is CCc1ccsc1C(=O)N1Cc2ccccc2CC1C(=O)O. The molecule has 2 heterocycles. The van der Waals surface area contributed by atoms with Crippen LogP contribution in [-0.4, -0.2) is 27.9 Å². The van der Waals surface area contributed by atoms with Gasteiger partial charge in [0.1, 0.15) is 6.04 Å². The predicted octanol–water partition coefficient (Wildman–Crippen LogP) is 2.96. The summed E-state index contributed by atoms with van der Waals surface area (Å²) >= 11 is 1.39. The van der Waals surface area contributed by atoms with E-state index in [1.54, 1.807) is 0 Å². The lowest BCUT2D eigenvalue weighted by Crippen LogP contribution is -2.48. The Morgan fingerprint density at radius 1 is 1.27 bits per heavy atom. The van der Waals surface area contributed by atoms with E-state index in [2.05, 4.69) is 0 Å². The molecule has 1 N–H and O–H groups in total. The molecular weight excluding hydrogens is 298 g/mol. The van der Waals surface area contributed by atoms with Crippen LogP contribution in [0.1, 0.15) is 33.3 Å². The maximum Gasteiger partial charge on any atom is 0.326 e. The molecule has 0 bridgehead atoms. The number of thiophene rings is 1. The predicted molar refractivity (Wildman–Crippen MR) is 85.1 cm³/mol. The minimum Gasteiger partial charge on any atom is -0.480 e. The van der Waals surface area contributed by atoms with Gasteiger partial charge in [0, 0.05) is 13.0 Å². The molecule has 1 unspecified atom stereocenters. The van der Waals surface area contributed by atoms with E-state index in [4.69, 9.17) is 0 Å². The minimum absolute atomic E-state index is 0.172. The third-order valence-corrected chi connectivity index (χ3v) is 5.06. The van der Waals surface area contributed by atoms with Gasteiger partial charge in [0.25, 0.3) is 5.91 Å². The lowest BCUT2D eigenvalue weighted by molar-refractivity contribution is -0.142. The molecule has 1 aliphatic heterocycles. The topological polar surface area (TPSA) is 57.6 Å². The molecule has 2 aromatic rings. The highest BCUT2D eigenvalue weighted by Gasteiger charge is 2.35. The van der Waals surface area contributed by atoms with Crippen LogP contribution in [0, 0.1) is 0 Å². The molecule has 1 amide bonds. The number of amides is 1. The summed E-state index contributed by atoms with van der Waals surface area (Å²) in [6.45, 7) is 2.35. The number of aryl methyl sites for hydroxylation is 1. The van der Waals surface area contributed by atoms with Gasteiger partial charge >= 0.3 is 5.97 Å². The van der Waals surface area contributed by atoms with Crippen molar-refractivity contribution in [3.05, 3.63) is 57.3 Å². The Morgan fingerprint density at radius 3 is 2.68 bits per heavy atom. The average molecular weight is 315 g/mol. The van der Waals surface area contributed by atoms with Crippen molar-refractivity contribution < 1.29 is 14.7 Å². The zero-order valence-corrected chi connectivity index (χ0v) is 13.1. The smallest absolute Gasteiger partial charge is 0.326 e. The summed E-state index contributed by atoms with van der Waals surface area (Å²) in [5, 5.41) is 11.4. The van der Waals surface area contributed by atoms with Crippen LogP contribution in [0.5, 0.6) is 0 Å². The van der Waals surface area contributed by atoms with Crippen LogP contribution in [0.2, 0.25) is 0 Å². The number of aliphatic carboxylic acids is 1. The second-order valence-corrected chi connectivity index (χ2v) is 6.30. The van der Waals surface area contributed by atoms with Crippen molar-refractivity contribution in [2.24, 2.45) is 0 Å². The lowest BCUT2D eigenvalue weighted by Gasteiger charge is -2.34. The van der Waals surface area contributed by atoms with E-state index in [0.717, 1.165) is 23.1 Å². The van der Waals surface area contributed by atoms with Crippen molar-refractivity contribution in [2.45, 2.75) is 32.4 Å². The Kier molecular flexibility index (Phi) is 3.98. The number of carboxylic acids is 1. The van der Waals surface area contributed by atoms with Gasteiger partial charge in [-0.15, -0.1) is 11.3 Å². The van der Waals surface area contributed by atoms with Crippen molar-refractivity contribution in [1.29, 1.82) is 0 Å². The van der Waals surface area contributed by atoms with E-state index >= 15 is 0 Å². The Morgan fingerprint density at radius 2 is 2.00 bits per heavy atom. The Balaban J connectivity index is 1.97. The van der Waals surface area contributed by atoms with Crippen LogP contribution in [0.4, 0.5) is 0 Å². The number of hydrogen-bond donors (Lipinski definition) is 1. The summed E-state index contributed by atoms with van der Waals surface area (Å²) in [5.74, 6) is -1.12. The molecule has 0 saturated carbocycles. The molecule has 114 valence electrons. The number of carbonyl (C=O) groups excluding carboxylic acids is 1. The van der Waals surface area contributed by atoms with Gasteiger partial charge in [0.05, 0.1) is 4.88 Å². The standard InChI is InChI=1S/C17H17NO3S/c1-2-11-7-8-22-15(11)16(19)18-10-13-6-4-3-5-12(13)9-14(18)17(20)21/h3-8,14H,2,9-10H2,1H3,(H,20,21). The summed E-state index contributed by atoms with van der Waals surface area (Å²) in [4.78, 5) is 26.6. The van der Waals surface area contributed by atoms with Crippen LogP contribution in [0.3, 0.4) is 0 Å². The zero-order chi connectivity index (χ0) is 15.7. The highest BCUT2D eigenvalue weighted by molar-refractivity contribution is 7.12. The van der Waals surface area contributed by atoms with Crippen molar-refractivity contribution in [3.63, 3.8) is 0 Å². The van der Waals surface area contributed by atoms with Gasteiger partial charge in [-0.25, -0.2) is 4.79 Å². The van der Waals surface area contributed by atoms with E-state index in [1.807, 2.05) is 42.6 Å². The molecule has 1 aliphatic rings. The van der Waals surface area contributed by atoms with Gasteiger partial charge in [-0.3, -0.25) is 4.79 Å². The number of nitrogens with zero attached hydrogens (tertiary/aromatic N) is 1. The Bertz CT molecular complexity index is 722. The largest absolute Gasteiger partial charge is 0.480 e. The summed E-state index contributed by atoms with van der Waals surface area (Å²) in [6, 6.07) is 8.87. The number of benzene rings is 1. The molecule has 0 radical (unpaired) electrons. The quantitative estimate of drug-likeness (QED) is 0.947. The second kappa shape index (κ2) is 5.93. The van der Waals surface area contributed by atoms with Crippen LogP contribution in [0.25, 0.3) is 0 Å². The van der Waals surface area contributed by atoms with Crippen LogP contribution in [0.15, 0.2) is 35.7 Å². The lowest BCUT2D eigenvalue weighted by atomic mass is 9.93. The number of hydrogen-bond acceptors (Lipinski definition) is 3. The molecule has 3 rings (SSSR count). The number of fused-ring (bicyclic) bond motifs is 1. The van der Waals surface area contributed by atoms with Gasteiger partial charge in [0.15, 0.2) is 0 Å². The molecule has 22 heavy (non-hydrogen) atoms. The molecular formula is C17H17NO3S. The van der Waals surface area contributed by atoms with Crippen molar-refractivity contribution in [3.8, 4) is 0 Å². The maximum absolute atomic E-state index is 12.8. The highest BCUT2D eigenvalue weighted by atomic mass is 32.1. The second-order valence-electron chi connectivity index (χ2n) is 5.39. The normalized spacial score (nSPS) is 17.1. The summed E-state index contributed by atoms with van der Waals surface area (Å²) in [5.41, 5.74) is 3.03. The fraction of sp³-hybridized carbons (Fsp3) is 0.294. The first-order valence-corrected chi connectivity index (χ1v) is 8.16. The van der Waals surface area contributed by atoms with Crippen LogP contribution in [-0.2, 0) is 24.2 Å². The minimum atomic E-state index is -0.947. The van der Waals surface area contributed by atoms with E-state index < -0.39 is 12.0 Å². The van der Waals surface area contributed by atoms with Gasteiger partial charge in [-0.2, -0.15) is 0 Å². The van der Waals surface area contributed by atoms with E-state index in [0.29, 0.717) is 17.8 Å². The molecule has 1 aromatic heterocycles. The van der Waals surface area contributed by atoms with Gasteiger partial charge in [0.2, 0.25) is 0 Å². The molecule has 5 heteroatoms. The summed E-state index contributed by atoms with van der Waals surface area (Å²) in [7, 11) is 0. The molecule has 4 nitrogen and oxygen atoms in total. The van der Waals surface area contributed by atoms with Crippen molar-refractivity contribution in [1.82, 2.24) is 4.90 Å². The maximum atomic E-state index is 12.8. The van der Waals surface area contributed by atoms with Crippen molar-refractivity contribution in [2.75, 3.05) is 0 Å². The van der Waals surface area contributed by atoms with Gasteiger partial charge < -0.3 is 10.0 Å². The number of carbonyl (C=O) groups is 2. The fourth-order valence-corrected chi connectivity index (χ4v) is 3.84. The van der Waals surface area contributed by atoms with Gasteiger partial charge in [-0.05, 0) is 34.6 Å². The third kappa shape index (κ3) is 2.52. The number of rotatable bonds is 3. The van der Waals surface area contributed by atoms with Crippen molar-refractivity contribution >= 4 is 23.2 Å². The van der Waals surface area contributed by atoms with Crippen LogP contribution < -0.4 is 0 Å². The summed E-state index contributed by atoms with van der Waals surface area (Å²) in [6.07, 6.45) is 1.14. The first-order chi connectivity index (χ1) is 10.6. The fourth-order valence-electron chi connectivity index (χ4n) is 2.89. The van der Waals surface area contributed by atoms with E-state index in [9.17, 15) is 14.7 Å².